The molecule has 1 aromatic rings. The Kier molecular flexibility index (Phi) is 6.36. The van der Waals surface area contributed by atoms with Gasteiger partial charge in [-0.1, -0.05) is 32.8 Å². The van der Waals surface area contributed by atoms with Crippen molar-refractivity contribution in [1.29, 1.82) is 0 Å². The lowest BCUT2D eigenvalue weighted by atomic mass is 10.1. The molecule has 0 saturated heterocycles. The van der Waals surface area contributed by atoms with E-state index in [0.717, 1.165) is 31.4 Å². The van der Waals surface area contributed by atoms with Gasteiger partial charge in [-0.05, 0) is 24.5 Å². The summed E-state index contributed by atoms with van der Waals surface area (Å²) in [6.45, 7) is 4.63. The van der Waals surface area contributed by atoms with Crippen molar-refractivity contribution in [3.63, 3.8) is 0 Å². The molecule has 0 bridgehead atoms. The van der Waals surface area contributed by atoms with Crippen LogP contribution in [0.1, 0.15) is 44.4 Å². The first-order valence-corrected chi connectivity index (χ1v) is 6.65. The second kappa shape index (κ2) is 7.82. The Labute approximate surface area is 109 Å². The molecule has 0 aromatic carbocycles. The van der Waals surface area contributed by atoms with Gasteiger partial charge in [-0.3, -0.25) is 9.78 Å². The minimum absolute atomic E-state index is 0.0869. The third kappa shape index (κ3) is 4.45. The normalized spacial score (nSPS) is 12.2. The number of amides is 1. The van der Waals surface area contributed by atoms with E-state index in [1.807, 2.05) is 12.1 Å². The van der Waals surface area contributed by atoms with Crippen molar-refractivity contribution >= 4 is 5.91 Å². The fraction of sp³-hybridized carbons (Fsp3) is 0.571. The first kappa shape index (κ1) is 14.6. The van der Waals surface area contributed by atoms with Gasteiger partial charge in [0.1, 0.15) is 0 Å². The molecule has 3 N–H and O–H groups in total. The molecule has 0 radical (unpaired) electrons. The van der Waals surface area contributed by atoms with E-state index in [-0.39, 0.29) is 5.91 Å². The van der Waals surface area contributed by atoms with Crippen LogP contribution in [0, 0.1) is 0 Å². The molecule has 4 nitrogen and oxygen atoms in total. The average Bonchev–Trinajstić information content (AvgIpc) is 2.42. The number of pyridine rings is 1. The van der Waals surface area contributed by atoms with Crippen LogP contribution in [0.3, 0.4) is 0 Å². The number of hydrogen-bond acceptors (Lipinski definition) is 3. The largest absolute Gasteiger partial charge is 0.349 e. The highest BCUT2D eigenvalue weighted by molar-refractivity contribution is 5.81. The Hall–Kier alpha value is -1.42. The summed E-state index contributed by atoms with van der Waals surface area (Å²) in [6, 6.07) is 3.54. The molecule has 1 heterocycles. The quantitative estimate of drug-likeness (QED) is 0.774. The van der Waals surface area contributed by atoms with Crippen LogP contribution < -0.4 is 11.1 Å². The topological polar surface area (TPSA) is 68.0 Å². The maximum absolute atomic E-state index is 11.8. The van der Waals surface area contributed by atoms with Gasteiger partial charge >= 0.3 is 0 Å². The predicted octanol–water partition coefficient (Wildman–Crippen LogP) is 1.78. The molecule has 0 aliphatic rings. The zero-order valence-electron chi connectivity index (χ0n) is 11.3. The van der Waals surface area contributed by atoms with E-state index in [1.165, 1.54) is 5.56 Å². The summed E-state index contributed by atoms with van der Waals surface area (Å²) in [5.74, 6) is -0.0869. The van der Waals surface area contributed by atoms with Crippen LogP contribution in [0.2, 0.25) is 0 Å². The molecule has 100 valence electrons. The summed E-state index contributed by atoms with van der Waals surface area (Å²) in [5, 5.41) is 2.86. The zero-order valence-corrected chi connectivity index (χ0v) is 11.3. The number of hydrogen-bond donors (Lipinski definition) is 2. The molecule has 4 heteroatoms. The molecule has 0 aliphatic heterocycles. The molecular formula is C14H23N3O. The summed E-state index contributed by atoms with van der Waals surface area (Å²) in [4.78, 5) is 16.0. The first-order valence-electron chi connectivity index (χ1n) is 6.65. The number of carbonyl (C=O) groups excluding carboxylic acids is 1. The molecule has 1 atom stereocenters. The molecule has 0 fully saturated rings. The van der Waals surface area contributed by atoms with Gasteiger partial charge in [-0.25, -0.2) is 0 Å². The minimum Gasteiger partial charge on any atom is -0.349 e. The van der Waals surface area contributed by atoms with Crippen LogP contribution in [0.4, 0.5) is 0 Å². The number of nitrogens with two attached hydrogens (primary N) is 1. The van der Waals surface area contributed by atoms with Gasteiger partial charge in [0.2, 0.25) is 5.91 Å². The van der Waals surface area contributed by atoms with Gasteiger partial charge in [0.15, 0.2) is 0 Å². The smallest absolute Gasteiger partial charge is 0.237 e. The molecular weight excluding hydrogens is 226 g/mol. The van der Waals surface area contributed by atoms with Crippen molar-refractivity contribution < 1.29 is 4.79 Å². The van der Waals surface area contributed by atoms with E-state index in [9.17, 15) is 4.79 Å². The molecule has 0 spiro atoms. The maximum Gasteiger partial charge on any atom is 0.237 e. The fourth-order valence-corrected chi connectivity index (χ4v) is 1.81. The minimum atomic E-state index is -0.404. The van der Waals surface area contributed by atoms with Crippen molar-refractivity contribution in [3.05, 3.63) is 29.6 Å². The van der Waals surface area contributed by atoms with E-state index in [0.29, 0.717) is 6.54 Å². The Morgan fingerprint density at radius 3 is 2.94 bits per heavy atom. The van der Waals surface area contributed by atoms with E-state index in [2.05, 4.69) is 24.1 Å². The third-order valence-corrected chi connectivity index (χ3v) is 3.00. The monoisotopic (exact) mass is 249 g/mol. The Morgan fingerprint density at radius 1 is 1.50 bits per heavy atom. The molecule has 1 rings (SSSR count). The number of unbranched alkanes of at least 4 members (excludes halogenated alkanes) is 1. The van der Waals surface area contributed by atoms with E-state index in [4.69, 9.17) is 5.73 Å². The summed E-state index contributed by atoms with van der Waals surface area (Å²) < 4.78 is 0. The lowest BCUT2D eigenvalue weighted by Crippen LogP contribution is -2.40. The Balaban J connectivity index is 2.46. The predicted molar refractivity (Wildman–Crippen MR) is 73.0 cm³/mol. The Morgan fingerprint density at radius 2 is 2.28 bits per heavy atom. The lowest BCUT2D eigenvalue weighted by molar-refractivity contribution is -0.122. The van der Waals surface area contributed by atoms with E-state index >= 15 is 0 Å². The third-order valence-electron chi connectivity index (χ3n) is 3.00. The molecule has 1 amide bonds. The summed E-state index contributed by atoms with van der Waals surface area (Å²) in [7, 11) is 0. The number of rotatable bonds is 7. The standard InChI is InChI=1S/C14H23N3O/c1-3-5-8-12(15)14(18)17-10-13-11(4-2)7-6-9-16-13/h6-7,9,12H,3-5,8,10,15H2,1-2H3,(H,17,18). The molecule has 18 heavy (non-hydrogen) atoms. The molecule has 1 unspecified atom stereocenters. The van der Waals surface area contributed by atoms with Crippen molar-refractivity contribution in [2.24, 2.45) is 5.73 Å². The number of aryl methyl sites for hydroxylation is 1. The molecule has 0 saturated carbocycles. The second-order valence-electron chi connectivity index (χ2n) is 4.43. The second-order valence-corrected chi connectivity index (χ2v) is 4.43. The van der Waals surface area contributed by atoms with Crippen LogP contribution in [-0.4, -0.2) is 16.9 Å². The summed E-state index contributed by atoms with van der Waals surface area (Å²) in [5.41, 5.74) is 7.90. The fourth-order valence-electron chi connectivity index (χ4n) is 1.81. The van der Waals surface area contributed by atoms with Crippen LogP contribution in [0.5, 0.6) is 0 Å². The van der Waals surface area contributed by atoms with Crippen LogP contribution in [-0.2, 0) is 17.8 Å². The number of nitrogens with zero attached hydrogens (tertiary/aromatic N) is 1. The summed E-state index contributed by atoms with van der Waals surface area (Å²) in [6.07, 6.45) is 5.45. The highest BCUT2D eigenvalue weighted by atomic mass is 16.2. The highest BCUT2D eigenvalue weighted by Crippen LogP contribution is 2.06. The molecule has 0 aliphatic carbocycles. The highest BCUT2D eigenvalue weighted by Gasteiger charge is 2.12. The number of aromatic nitrogens is 1. The van der Waals surface area contributed by atoms with Gasteiger partial charge in [0.05, 0.1) is 18.3 Å². The van der Waals surface area contributed by atoms with Crippen LogP contribution >= 0.6 is 0 Å². The zero-order chi connectivity index (χ0) is 13.4. The van der Waals surface area contributed by atoms with Gasteiger partial charge in [-0.15, -0.1) is 0 Å². The van der Waals surface area contributed by atoms with Crippen molar-refractivity contribution in [2.75, 3.05) is 0 Å². The molecule has 1 aromatic heterocycles. The number of nitrogens with one attached hydrogen (secondary N) is 1. The van der Waals surface area contributed by atoms with Crippen molar-refractivity contribution in [3.8, 4) is 0 Å². The van der Waals surface area contributed by atoms with Gasteiger partial charge in [0.25, 0.3) is 0 Å². The average molecular weight is 249 g/mol. The first-order chi connectivity index (χ1) is 8.69. The SMILES string of the molecule is CCCCC(N)C(=O)NCc1ncccc1CC. The summed E-state index contributed by atoms with van der Waals surface area (Å²) >= 11 is 0. The van der Waals surface area contributed by atoms with Gasteiger partial charge in [-0.2, -0.15) is 0 Å². The van der Waals surface area contributed by atoms with E-state index in [1.54, 1.807) is 6.20 Å². The maximum atomic E-state index is 11.8. The van der Waals surface area contributed by atoms with E-state index < -0.39 is 6.04 Å². The van der Waals surface area contributed by atoms with Crippen molar-refractivity contribution in [1.82, 2.24) is 10.3 Å². The van der Waals surface area contributed by atoms with Gasteiger partial charge in [0, 0.05) is 6.20 Å². The number of carbonyl (C=O) groups is 1. The van der Waals surface area contributed by atoms with Crippen LogP contribution in [0.25, 0.3) is 0 Å². The lowest BCUT2D eigenvalue weighted by Gasteiger charge is -2.12. The Bertz CT molecular complexity index is 379. The van der Waals surface area contributed by atoms with Crippen LogP contribution in [0.15, 0.2) is 18.3 Å². The van der Waals surface area contributed by atoms with Crippen molar-refractivity contribution in [2.45, 2.75) is 52.1 Å². The van der Waals surface area contributed by atoms with Gasteiger partial charge < -0.3 is 11.1 Å².